The lowest BCUT2D eigenvalue weighted by Crippen LogP contribution is -2.20. The highest BCUT2D eigenvalue weighted by molar-refractivity contribution is 5.97. The second-order valence-corrected chi connectivity index (χ2v) is 10.2. The summed E-state index contributed by atoms with van der Waals surface area (Å²) in [4.78, 5) is 21.5. The molecule has 0 atom stereocenters. The van der Waals surface area contributed by atoms with Crippen molar-refractivity contribution in [2.45, 2.75) is 25.4 Å². The van der Waals surface area contributed by atoms with E-state index in [1.807, 2.05) is 54.6 Å². The van der Waals surface area contributed by atoms with E-state index in [1.54, 1.807) is 31.6 Å². The molecule has 7 heteroatoms. The van der Waals surface area contributed by atoms with Gasteiger partial charge in [-0.15, -0.1) is 0 Å². The maximum atomic E-state index is 15.2. The zero-order chi connectivity index (χ0) is 27.4. The fraction of sp³-hybridized carbons (Fsp3) is 0.152. The van der Waals surface area contributed by atoms with Gasteiger partial charge < -0.3 is 14.8 Å². The van der Waals surface area contributed by atoms with Crippen LogP contribution < -0.4 is 10.3 Å². The number of halogens is 1. The van der Waals surface area contributed by atoms with Gasteiger partial charge in [-0.1, -0.05) is 18.2 Å². The van der Waals surface area contributed by atoms with E-state index in [1.165, 1.54) is 10.6 Å². The van der Waals surface area contributed by atoms with Crippen molar-refractivity contribution in [3.05, 3.63) is 112 Å². The van der Waals surface area contributed by atoms with Crippen molar-refractivity contribution in [2.75, 3.05) is 7.11 Å². The van der Waals surface area contributed by atoms with Crippen LogP contribution in [0.2, 0.25) is 0 Å². The summed E-state index contributed by atoms with van der Waals surface area (Å²) in [5.41, 5.74) is 5.78. The monoisotopic (exact) mass is 531 g/mol. The van der Waals surface area contributed by atoms with Crippen molar-refractivity contribution in [3.63, 3.8) is 0 Å². The number of nitrogens with zero attached hydrogens (tertiary/aromatic N) is 2. The molecule has 7 rings (SSSR count). The maximum absolute atomic E-state index is 15.2. The fourth-order valence-electron chi connectivity index (χ4n) is 5.60. The largest absolute Gasteiger partial charge is 0.497 e. The molecular weight excluding hydrogens is 505 g/mol. The predicted molar refractivity (Wildman–Crippen MR) is 154 cm³/mol. The van der Waals surface area contributed by atoms with Crippen molar-refractivity contribution in [1.82, 2.24) is 14.5 Å². The number of aliphatic hydroxyl groups excluding tert-OH is 1. The van der Waals surface area contributed by atoms with Gasteiger partial charge in [-0.2, -0.15) is 0 Å². The smallest absolute Gasteiger partial charge is 0.265 e. The predicted octanol–water partition coefficient (Wildman–Crippen LogP) is 6.72. The molecular formula is C33H26FN3O3. The van der Waals surface area contributed by atoms with Gasteiger partial charge in [0.15, 0.2) is 0 Å². The van der Waals surface area contributed by atoms with Crippen LogP contribution in [-0.4, -0.2) is 26.8 Å². The highest BCUT2D eigenvalue weighted by Gasteiger charge is 2.25. The Hall–Kier alpha value is -4.75. The molecule has 1 aliphatic carbocycles. The van der Waals surface area contributed by atoms with Gasteiger partial charge in [0.2, 0.25) is 0 Å². The summed E-state index contributed by atoms with van der Waals surface area (Å²) >= 11 is 0. The van der Waals surface area contributed by atoms with Gasteiger partial charge in [0.25, 0.3) is 5.56 Å². The lowest BCUT2D eigenvalue weighted by atomic mass is 9.96. The van der Waals surface area contributed by atoms with Crippen LogP contribution in [0.1, 0.15) is 29.9 Å². The summed E-state index contributed by atoms with van der Waals surface area (Å²) in [6.45, 7) is -0.307. The molecule has 0 saturated heterocycles. The normalized spacial score (nSPS) is 13.3. The Morgan fingerprint density at radius 3 is 2.62 bits per heavy atom. The second kappa shape index (κ2) is 9.47. The van der Waals surface area contributed by atoms with Crippen molar-refractivity contribution in [3.8, 4) is 33.8 Å². The zero-order valence-corrected chi connectivity index (χ0v) is 21.8. The molecule has 0 radical (unpaired) electrons. The molecule has 1 fully saturated rings. The van der Waals surface area contributed by atoms with E-state index in [9.17, 15) is 9.90 Å². The summed E-state index contributed by atoms with van der Waals surface area (Å²) in [6.07, 6.45) is 5.49. The van der Waals surface area contributed by atoms with Crippen LogP contribution in [0, 0.1) is 5.82 Å². The molecule has 0 unspecified atom stereocenters. The van der Waals surface area contributed by atoms with E-state index in [0.29, 0.717) is 28.2 Å². The molecule has 40 heavy (non-hydrogen) atoms. The topological polar surface area (TPSA) is 80.1 Å². The number of aromatic nitrogens is 3. The highest BCUT2D eigenvalue weighted by Crippen LogP contribution is 2.41. The Morgan fingerprint density at radius 2 is 1.88 bits per heavy atom. The first-order valence-electron chi connectivity index (χ1n) is 13.3. The summed E-state index contributed by atoms with van der Waals surface area (Å²) in [5, 5.41) is 12.1. The Labute approximate surface area is 229 Å². The number of benzene rings is 3. The molecule has 3 heterocycles. The number of rotatable bonds is 6. The summed E-state index contributed by atoms with van der Waals surface area (Å²) in [5.74, 6) is 0.653. The minimum atomic E-state index is -0.505. The third kappa shape index (κ3) is 3.98. The van der Waals surface area contributed by atoms with Crippen LogP contribution >= 0.6 is 0 Å². The number of fused-ring (bicyclic) bond motifs is 2. The van der Waals surface area contributed by atoms with Crippen molar-refractivity contribution >= 4 is 21.8 Å². The molecule has 2 N–H and O–H groups in total. The molecule has 198 valence electrons. The molecule has 0 bridgehead atoms. The minimum Gasteiger partial charge on any atom is -0.497 e. The Bertz CT molecular complexity index is 1970. The van der Waals surface area contributed by atoms with Crippen LogP contribution in [0.15, 0.2) is 90.0 Å². The highest BCUT2D eigenvalue weighted by atomic mass is 19.1. The first kappa shape index (κ1) is 24.3. The maximum Gasteiger partial charge on any atom is 0.265 e. The number of aromatic amines is 1. The number of hydrogen-bond acceptors (Lipinski definition) is 4. The van der Waals surface area contributed by atoms with Crippen molar-refractivity contribution < 1.29 is 14.2 Å². The number of nitrogens with one attached hydrogen (secondary N) is 1. The van der Waals surface area contributed by atoms with E-state index >= 15 is 4.39 Å². The average molecular weight is 532 g/mol. The molecule has 1 saturated carbocycles. The van der Waals surface area contributed by atoms with Crippen LogP contribution in [-0.2, 0) is 6.61 Å². The van der Waals surface area contributed by atoms with E-state index in [0.717, 1.165) is 51.9 Å². The number of methoxy groups -OCH3 is 1. The summed E-state index contributed by atoms with van der Waals surface area (Å²) in [7, 11) is 1.63. The fourth-order valence-corrected chi connectivity index (χ4v) is 5.60. The van der Waals surface area contributed by atoms with Crippen LogP contribution in [0.4, 0.5) is 4.39 Å². The van der Waals surface area contributed by atoms with E-state index in [4.69, 9.17) is 4.74 Å². The number of H-pyrrole nitrogens is 1. The van der Waals surface area contributed by atoms with Crippen LogP contribution in [0.25, 0.3) is 49.9 Å². The SMILES string of the molecule is COc1ccc(-c2cc3c(-c4cccc(-n5ccc6cc(C7CC7)cc(F)c6c5=O)c4CO)ccnc3[nH]2)cc1. The summed E-state index contributed by atoms with van der Waals surface area (Å²) < 4.78 is 21.9. The van der Waals surface area contributed by atoms with Gasteiger partial charge in [-0.3, -0.25) is 9.36 Å². The second-order valence-electron chi connectivity index (χ2n) is 10.2. The van der Waals surface area contributed by atoms with Crippen molar-refractivity contribution in [1.29, 1.82) is 0 Å². The minimum absolute atomic E-state index is 0.0577. The first-order chi connectivity index (χ1) is 19.6. The molecule has 3 aromatic carbocycles. The molecule has 0 aliphatic heterocycles. The molecule has 1 aliphatic rings. The van der Waals surface area contributed by atoms with Gasteiger partial charge >= 0.3 is 0 Å². The van der Waals surface area contributed by atoms with Gasteiger partial charge in [-0.25, -0.2) is 9.37 Å². The zero-order valence-electron chi connectivity index (χ0n) is 21.8. The number of pyridine rings is 2. The van der Waals surface area contributed by atoms with Gasteiger partial charge in [0, 0.05) is 29.0 Å². The first-order valence-corrected chi connectivity index (χ1v) is 13.3. The van der Waals surface area contributed by atoms with E-state index in [-0.39, 0.29) is 12.0 Å². The van der Waals surface area contributed by atoms with Gasteiger partial charge in [-0.05, 0) is 101 Å². The number of hydrogen-bond donors (Lipinski definition) is 2. The molecule has 0 amide bonds. The number of ether oxygens (including phenoxy) is 1. The average Bonchev–Trinajstić information content (AvgIpc) is 3.74. The van der Waals surface area contributed by atoms with Gasteiger partial charge in [0.05, 0.1) is 24.8 Å². The third-order valence-corrected chi connectivity index (χ3v) is 7.82. The van der Waals surface area contributed by atoms with Crippen molar-refractivity contribution in [2.24, 2.45) is 0 Å². The molecule has 6 aromatic rings. The lowest BCUT2D eigenvalue weighted by Gasteiger charge is -2.16. The molecule has 3 aromatic heterocycles. The van der Waals surface area contributed by atoms with Crippen LogP contribution in [0.5, 0.6) is 5.75 Å². The Balaban J connectivity index is 1.37. The van der Waals surface area contributed by atoms with Crippen LogP contribution in [0.3, 0.4) is 0 Å². The van der Waals surface area contributed by atoms with E-state index in [2.05, 4.69) is 9.97 Å². The number of aliphatic hydroxyl groups is 1. The van der Waals surface area contributed by atoms with Gasteiger partial charge in [0.1, 0.15) is 17.2 Å². The third-order valence-electron chi connectivity index (χ3n) is 7.82. The molecule has 0 spiro atoms. The van der Waals surface area contributed by atoms with E-state index < -0.39 is 11.4 Å². The quantitative estimate of drug-likeness (QED) is 0.250. The standard InChI is InChI=1S/C33H26FN3O3/c1-40-23-9-7-20(8-10-23)29-17-26-25(11-13-35-32(26)36-29)24-3-2-4-30(27(24)18-38)37-14-12-21-15-22(19-5-6-19)16-28(34)31(21)33(37)39/h2-4,7-17,19,38H,5-6,18H2,1H3,(H,35,36). The Kier molecular flexibility index (Phi) is 5.75. The Morgan fingerprint density at radius 1 is 1.05 bits per heavy atom. The molecule has 6 nitrogen and oxygen atoms in total. The summed E-state index contributed by atoms with van der Waals surface area (Å²) in [6, 6.07) is 22.4. The lowest BCUT2D eigenvalue weighted by molar-refractivity contribution is 0.282.